The van der Waals surface area contributed by atoms with Gasteiger partial charge in [-0.1, -0.05) is 11.6 Å². The third-order valence-corrected chi connectivity index (χ3v) is 4.66. The Hall–Kier alpha value is -1.40. The quantitative estimate of drug-likeness (QED) is 0.287. The first kappa shape index (κ1) is 19.9. The van der Waals surface area contributed by atoms with E-state index in [-0.39, 0.29) is 18.2 Å². The molecule has 2 aromatic rings. The zero-order valence-corrected chi connectivity index (χ0v) is 17.7. The number of hydrazone groups is 1. The molecular weight excluding hydrogens is 571 g/mol. The summed E-state index contributed by atoms with van der Waals surface area (Å²) in [6.45, 7) is -0.228. The number of nitrogens with one attached hydrogen (secondary N) is 2. The predicted molar refractivity (Wildman–Crippen MR) is 113 cm³/mol. The lowest BCUT2D eigenvalue weighted by Gasteiger charge is -2.05. The average molecular weight is 584 g/mol. The SMILES string of the molecule is O=C(CNC(=O)c1ccc(Cl)cc1)NN=Cc1cc(I)cc(I)c1O. The smallest absolute Gasteiger partial charge is 0.259 e. The molecule has 25 heavy (non-hydrogen) atoms. The van der Waals surface area contributed by atoms with Crippen LogP contribution in [0.4, 0.5) is 0 Å². The minimum absolute atomic E-state index is 0.0926. The summed E-state index contributed by atoms with van der Waals surface area (Å²) in [6, 6.07) is 9.87. The van der Waals surface area contributed by atoms with Crippen LogP contribution in [0, 0.1) is 7.14 Å². The first-order valence-electron chi connectivity index (χ1n) is 6.90. The molecule has 2 amide bonds. The lowest BCUT2D eigenvalue weighted by Crippen LogP contribution is -2.34. The molecule has 6 nitrogen and oxygen atoms in total. The second kappa shape index (κ2) is 9.34. The van der Waals surface area contributed by atoms with Crippen molar-refractivity contribution in [1.29, 1.82) is 0 Å². The lowest BCUT2D eigenvalue weighted by atomic mass is 10.2. The van der Waals surface area contributed by atoms with E-state index in [9.17, 15) is 14.7 Å². The van der Waals surface area contributed by atoms with Crippen LogP contribution in [0.5, 0.6) is 5.75 Å². The summed E-state index contributed by atoms with van der Waals surface area (Å²) in [6.07, 6.45) is 1.35. The van der Waals surface area contributed by atoms with Gasteiger partial charge in [0.1, 0.15) is 5.75 Å². The van der Waals surface area contributed by atoms with Crippen LogP contribution in [0.1, 0.15) is 15.9 Å². The number of hydrogen-bond acceptors (Lipinski definition) is 4. The van der Waals surface area contributed by atoms with E-state index in [4.69, 9.17) is 11.6 Å². The van der Waals surface area contributed by atoms with Crippen molar-refractivity contribution in [2.24, 2.45) is 5.10 Å². The summed E-state index contributed by atoms with van der Waals surface area (Å²) in [7, 11) is 0. The van der Waals surface area contributed by atoms with Gasteiger partial charge in [-0.15, -0.1) is 0 Å². The van der Waals surface area contributed by atoms with Crippen LogP contribution in [0.3, 0.4) is 0 Å². The molecule has 0 saturated carbocycles. The fourth-order valence-corrected chi connectivity index (χ4v) is 3.78. The van der Waals surface area contributed by atoms with Crippen molar-refractivity contribution in [3.63, 3.8) is 0 Å². The first-order valence-corrected chi connectivity index (χ1v) is 9.44. The Bertz CT molecular complexity index is 826. The van der Waals surface area contributed by atoms with Crippen LogP contribution in [-0.4, -0.2) is 29.7 Å². The number of carbonyl (C=O) groups is 2. The van der Waals surface area contributed by atoms with E-state index >= 15 is 0 Å². The molecule has 3 N–H and O–H groups in total. The Kier molecular flexibility index (Phi) is 7.44. The molecule has 130 valence electrons. The van der Waals surface area contributed by atoms with E-state index < -0.39 is 5.91 Å². The highest BCUT2D eigenvalue weighted by molar-refractivity contribution is 14.1. The minimum Gasteiger partial charge on any atom is -0.506 e. The maximum absolute atomic E-state index is 11.9. The van der Waals surface area contributed by atoms with Crippen molar-refractivity contribution >= 4 is 74.8 Å². The Morgan fingerprint density at radius 2 is 1.88 bits per heavy atom. The molecule has 9 heteroatoms. The van der Waals surface area contributed by atoms with E-state index in [1.54, 1.807) is 30.3 Å². The Labute approximate surface area is 176 Å². The number of nitrogens with zero attached hydrogens (tertiary/aromatic N) is 1. The van der Waals surface area contributed by atoms with Crippen LogP contribution in [0.2, 0.25) is 5.02 Å². The second-order valence-electron chi connectivity index (χ2n) is 4.81. The van der Waals surface area contributed by atoms with Gasteiger partial charge in [0.2, 0.25) is 0 Å². The van der Waals surface area contributed by atoms with Crippen LogP contribution in [0.25, 0.3) is 0 Å². The molecule has 0 unspecified atom stereocenters. The molecule has 0 heterocycles. The van der Waals surface area contributed by atoms with Crippen molar-refractivity contribution < 1.29 is 14.7 Å². The Balaban J connectivity index is 1.86. The summed E-state index contributed by atoms with van der Waals surface area (Å²) in [5.74, 6) is -0.783. The van der Waals surface area contributed by atoms with E-state index in [2.05, 4.69) is 38.4 Å². The topological polar surface area (TPSA) is 90.8 Å². The van der Waals surface area contributed by atoms with Gasteiger partial charge in [0.25, 0.3) is 11.8 Å². The molecule has 0 bridgehead atoms. The monoisotopic (exact) mass is 583 g/mol. The highest BCUT2D eigenvalue weighted by atomic mass is 127. The fraction of sp³-hybridized carbons (Fsp3) is 0.0625. The van der Waals surface area contributed by atoms with Crippen LogP contribution in [0.15, 0.2) is 41.5 Å². The van der Waals surface area contributed by atoms with Crippen molar-refractivity contribution in [3.05, 3.63) is 59.7 Å². The van der Waals surface area contributed by atoms with Crippen LogP contribution in [-0.2, 0) is 4.79 Å². The fourth-order valence-electron chi connectivity index (χ4n) is 1.76. The number of benzene rings is 2. The average Bonchev–Trinajstić information content (AvgIpc) is 2.57. The molecule has 2 aromatic carbocycles. The molecule has 0 aromatic heterocycles. The number of phenolic OH excluding ortho intramolecular Hbond substituents is 1. The molecule has 0 spiro atoms. The molecule has 0 aliphatic carbocycles. The summed E-state index contributed by atoms with van der Waals surface area (Å²) in [5, 5.41) is 16.7. The maximum atomic E-state index is 11.9. The number of carbonyl (C=O) groups excluding carboxylic acids is 2. The number of halogens is 3. The Morgan fingerprint density at radius 3 is 2.56 bits per heavy atom. The molecule has 0 aliphatic heterocycles. The van der Waals surface area contributed by atoms with Gasteiger partial charge in [-0.3, -0.25) is 9.59 Å². The third-order valence-electron chi connectivity index (χ3n) is 2.97. The van der Waals surface area contributed by atoms with Gasteiger partial charge in [-0.25, -0.2) is 5.43 Å². The van der Waals surface area contributed by atoms with Gasteiger partial charge in [0, 0.05) is 19.7 Å². The van der Waals surface area contributed by atoms with Crippen molar-refractivity contribution in [2.75, 3.05) is 6.54 Å². The predicted octanol–water partition coefficient (Wildman–Crippen LogP) is 3.13. The first-order chi connectivity index (χ1) is 11.9. The van der Waals surface area contributed by atoms with Gasteiger partial charge in [-0.05, 0) is 81.6 Å². The van der Waals surface area contributed by atoms with Gasteiger partial charge in [0.05, 0.1) is 16.3 Å². The molecule has 0 fully saturated rings. The number of phenols is 1. The number of aromatic hydroxyl groups is 1. The van der Waals surface area contributed by atoms with Gasteiger partial charge < -0.3 is 10.4 Å². The van der Waals surface area contributed by atoms with Crippen molar-refractivity contribution in [2.45, 2.75) is 0 Å². The van der Waals surface area contributed by atoms with Gasteiger partial charge >= 0.3 is 0 Å². The minimum atomic E-state index is -0.488. The highest BCUT2D eigenvalue weighted by Gasteiger charge is 2.08. The second-order valence-corrected chi connectivity index (χ2v) is 7.65. The number of hydrogen-bond donors (Lipinski definition) is 3. The zero-order chi connectivity index (χ0) is 18.4. The zero-order valence-electron chi connectivity index (χ0n) is 12.6. The molecule has 0 saturated heterocycles. The van der Waals surface area contributed by atoms with Crippen LogP contribution < -0.4 is 10.7 Å². The largest absolute Gasteiger partial charge is 0.506 e. The summed E-state index contributed by atoms with van der Waals surface area (Å²) in [5.41, 5.74) is 3.18. The lowest BCUT2D eigenvalue weighted by molar-refractivity contribution is -0.120. The van der Waals surface area contributed by atoms with Gasteiger partial charge in [-0.2, -0.15) is 5.10 Å². The van der Waals surface area contributed by atoms with E-state index in [0.29, 0.717) is 19.7 Å². The molecular formula is C16H12ClI2N3O3. The van der Waals surface area contributed by atoms with E-state index in [0.717, 1.165) is 3.57 Å². The van der Waals surface area contributed by atoms with E-state index in [1.807, 2.05) is 28.7 Å². The normalized spacial score (nSPS) is 10.7. The molecule has 2 rings (SSSR count). The third kappa shape index (κ3) is 6.12. The number of rotatable bonds is 5. The van der Waals surface area contributed by atoms with Crippen LogP contribution >= 0.6 is 56.8 Å². The maximum Gasteiger partial charge on any atom is 0.259 e. The molecule has 0 radical (unpaired) electrons. The Morgan fingerprint density at radius 1 is 1.20 bits per heavy atom. The van der Waals surface area contributed by atoms with Crippen molar-refractivity contribution in [3.8, 4) is 5.75 Å². The van der Waals surface area contributed by atoms with E-state index in [1.165, 1.54) is 6.21 Å². The molecule has 0 atom stereocenters. The highest BCUT2D eigenvalue weighted by Crippen LogP contribution is 2.25. The standard InChI is InChI=1S/C16H12ClI2N3O3/c17-11-3-1-9(2-4-11)16(25)20-8-14(23)22-21-7-10-5-12(18)6-13(19)15(10)24/h1-7,24H,8H2,(H,20,25)(H,22,23). The molecule has 0 aliphatic rings. The van der Waals surface area contributed by atoms with Crippen molar-refractivity contribution in [1.82, 2.24) is 10.7 Å². The summed E-state index contributed by atoms with van der Waals surface area (Å²) in [4.78, 5) is 23.6. The van der Waals surface area contributed by atoms with Gasteiger partial charge in [0.15, 0.2) is 0 Å². The summed E-state index contributed by atoms with van der Waals surface area (Å²) >= 11 is 9.88. The summed E-state index contributed by atoms with van der Waals surface area (Å²) < 4.78 is 1.62. The number of amides is 2.